The van der Waals surface area contributed by atoms with Gasteiger partial charge < -0.3 is 4.90 Å². The summed E-state index contributed by atoms with van der Waals surface area (Å²) in [7, 11) is 0. The predicted molar refractivity (Wildman–Crippen MR) is 150 cm³/mol. The van der Waals surface area contributed by atoms with Gasteiger partial charge in [-0.25, -0.2) is 0 Å². The number of hydrogen-bond donors (Lipinski definition) is 1. The molecule has 1 N–H and O–H groups in total. The summed E-state index contributed by atoms with van der Waals surface area (Å²) >= 11 is 3.53. The van der Waals surface area contributed by atoms with Crippen molar-refractivity contribution < 1.29 is 9.63 Å². The Balaban J connectivity index is 1.24. The molecular formula is C29H34BrN5O2. The van der Waals surface area contributed by atoms with Crippen molar-refractivity contribution in [3.05, 3.63) is 75.9 Å². The zero-order chi connectivity index (χ0) is 25.8. The van der Waals surface area contributed by atoms with Gasteiger partial charge in [-0.3, -0.25) is 20.0 Å². The number of benzene rings is 2. The smallest absolute Gasteiger partial charge is 0.256 e. The van der Waals surface area contributed by atoms with Gasteiger partial charge in [0.1, 0.15) is 0 Å². The number of amides is 1. The lowest BCUT2D eigenvalue weighted by Crippen LogP contribution is -2.56. The Morgan fingerprint density at radius 1 is 1.05 bits per heavy atom. The van der Waals surface area contributed by atoms with Crippen molar-refractivity contribution in [3.8, 4) is 0 Å². The van der Waals surface area contributed by atoms with Crippen LogP contribution in [-0.4, -0.2) is 64.2 Å². The number of nitrogens with one attached hydrogen (secondary N) is 1. The van der Waals surface area contributed by atoms with E-state index in [-0.39, 0.29) is 11.4 Å². The summed E-state index contributed by atoms with van der Waals surface area (Å²) in [6.07, 6.45) is 5.53. The van der Waals surface area contributed by atoms with Gasteiger partial charge in [0.2, 0.25) is 0 Å². The molecule has 0 radical (unpaired) electrons. The van der Waals surface area contributed by atoms with Crippen LogP contribution in [0, 0.1) is 0 Å². The molecule has 5 rings (SSSR count). The van der Waals surface area contributed by atoms with E-state index in [1.54, 1.807) is 6.20 Å². The monoisotopic (exact) mass is 563 g/mol. The first-order chi connectivity index (χ1) is 18.0. The van der Waals surface area contributed by atoms with Gasteiger partial charge >= 0.3 is 0 Å². The van der Waals surface area contributed by atoms with Crippen LogP contribution in [0.15, 0.2) is 64.8 Å². The van der Waals surface area contributed by atoms with Crippen LogP contribution in [0.5, 0.6) is 0 Å². The summed E-state index contributed by atoms with van der Waals surface area (Å²) in [5.74, 6) is 0.0538. The van der Waals surface area contributed by atoms with Crippen molar-refractivity contribution >= 4 is 38.4 Å². The summed E-state index contributed by atoms with van der Waals surface area (Å²) in [5, 5.41) is 9.11. The van der Waals surface area contributed by atoms with Crippen LogP contribution in [0.1, 0.15) is 55.5 Å². The Morgan fingerprint density at radius 3 is 2.46 bits per heavy atom. The quantitative estimate of drug-likeness (QED) is 0.403. The largest absolute Gasteiger partial charge is 0.338 e. The molecule has 194 valence electrons. The number of hydrogen-bond acceptors (Lipinski definition) is 6. The van der Waals surface area contributed by atoms with E-state index in [1.165, 1.54) is 5.57 Å². The minimum absolute atomic E-state index is 0.0538. The Morgan fingerprint density at radius 2 is 1.76 bits per heavy atom. The van der Waals surface area contributed by atoms with Gasteiger partial charge in [-0.2, -0.15) is 10.2 Å². The maximum absolute atomic E-state index is 13.4. The second-order valence-corrected chi connectivity index (χ2v) is 11.0. The van der Waals surface area contributed by atoms with Crippen LogP contribution < -0.4 is 5.48 Å². The molecule has 0 aliphatic carbocycles. The molecular weight excluding hydrogens is 530 g/mol. The molecule has 0 unspecified atom stereocenters. The molecule has 8 heteroatoms. The molecule has 37 heavy (non-hydrogen) atoms. The van der Waals surface area contributed by atoms with Gasteiger partial charge in [0.05, 0.1) is 29.6 Å². The molecule has 3 heterocycles. The zero-order valence-corrected chi connectivity index (χ0v) is 23.1. The lowest BCUT2D eigenvalue weighted by atomic mass is 9.85. The maximum Gasteiger partial charge on any atom is 0.256 e. The Kier molecular flexibility index (Phi) is 7.88. The van der Waals surface area contributed by atoms with Crippen molar-refractivity contribution in [3.63, 3.8) is 0 Å². The molecule has 2 aromatic carbocycles. The van der Waals surface area contributed by atoms with Gasteiger partial charge in [0.15, 0.2) is 0 Å². The standard InChI is InChI=1S/C29H34BrN5O2/c1-3-37-33-27(21-8-10-23(30)11-9-21)22-12-16-35(17-13-22)29(2)14-18-34(19-15-29)28(36)25-20-31-32-26-7-5-4-6-24(25)26/h4-11,20,33H,3,12-19H2,1-2H3. The van der Waals surface area contributed by atoms with E-state index in [2.05, 4.69) is 67.7 Å². The van der Waals surface area contributed by atoms with E-state index in [4.69, 9.17) is 4.84 Å². The highest BCUT2D eigenvalue weighted by molar-refractivity contribution is 9.10. The summed E-state index contributed by atoms with van der Waals surface area (Å²) in [6.45, 7) is 8.48. The summed E-state index contributed by atoms with van der Waals surface area (Å²) < 4.78 is 1.07. The highest BCUT2D eigenvalue weighted by Crippen LogP contribution is 2.35. The average molecular weight is 565 g/mol. The number of rotatable bonds is 6. The fraction of sp³-hybridized carbons (Fsp3) is 0.414. The van der Waals surface area contributed by atoms with E-state index in [0.29, 0.717) is 12.2 Å². The number of piperidine rings is 2. The normalized spacial score (nSPS) is 18.1. The molecule has 2 aliphatic heterocycles. The molecule has 0 saturated carbocycles. The second kappa shape index (κ2) is 11.3. The van der Waals surface area contributed by atoms with E-state index in [9.17, 15) is 4.79 Å². The number of fused-ring (bicyclic) bond motifs is 1. The highest BCUT2D eigenvalue weighted by Gasteiger charge is 2.38. The van der Waals surface area contributed by atoms with Gasteiger partial charge in [-0.1, -0.05) is 46.3 Å². The average Bonchev–Trinajstić information content (AvgIpc) is 2.94. The minimum atomic E-state index is 0.0538. The number of carbonyl (C=O) groups excluding carboxylic acids is 1. The van der Waals surface area contributed by atoms with Crippen molar-refractivity contribution in [2.75, 3.05) is 32.8 Å². The Labute approximate surface area is 227 Å². The fourth-order valence-corrected chi connectivity index (χ4v) is 5.78. The number of aromatic nitrogens is 2. The molecule has 2 saturated heterocycles. The molecule has 3 aromatic rings. The first-order valence-corrected chi connectivity index (χ1v) is 13.9. The molecule has 0 atom stereocenters. The highest BCUT2D eigenvalue weighted by atomic mass is 79.9. The first-order valence-electron chi connectivity index (χ1n) is 13.1. The van der Waals surface area contributed by atoms with Gasteiger partial charge in [-0.15, -0.1) is 0 Å². The topological polar surface area (TPSA) is 70.6 Å². The Hall–Kier alpha value is -2.81. The third-order valence-corrected chi connectivity index (χ3v) is 8.37. The van der Waals surface area contributed by atoms with Crippen molar-refractivity contribution in [1.82, 2.24) is 25.5 Å². The van der Waals surface area contributed by atoms with Gasteiger partial charge in [0, 0.05) is 41.6 Å². The van der Waals surface area contributed by atoms with Crippen molar-refractivity contribution in [1.29, 1.82) is 0 Å². The van der Waals surface area contributed by atoms with Gasteiger partial charge in [0.25, 0.3) is 5.91 Å². The van der Waals surface area contributed by atoms with Crippen LogP contribution in [0.2, 0.25) is 0 Å². The maximum atomic E-state index is 13.4. The number of likely N-dealkylation sites (tertiary alicyclic amines) is 2. The lowest BCUT2D eigenvalue weighted by Gasteiger charge is -2.48. The fourth-order valence-electron chi connectivity index (χ4n) is 5.52. The van der Waals surface area contributed by atoms with Crippen molar-refractivity contribution in [2.45, 2.75) is 45.1 Å². The van der Waals surface area contributed by atoms with E-state index in [1.807, 2.05) is 36.1 Å². The molecule has 2 fully saturated rings. The van der Waals surface area contributed by atoms with Crippen molar-refractivity contribution in [2.24, 2.45) is 0 Å². The van der Waals surface area contributed by atoms with Gasteiger partial charge in [-0.05, 0) is 68.9 Å². The minimum Gasteiger partial charge on any atom is -0.338 e. The van der Waals surface area contributed by atoms with Crippen LogP contribution in [0.25, 0.3) is 16.6 Å². The number of carbonyl (C=O) groups is 1. The summed E-state index contributed by atoms with van der Waals surface area (Å²) in [5.41, 5.74) is 8.35. The third-order valence-electron chi connectivity index (χ3n) is 7.84. The predicted octanol–water partition coefficient (Wildman–Crippen LogP) is 5.44. The number of nitrogens with zero attached hydrogens (tertiary/aromatic N) is 4. The van der Waals surface area contributed by atoms with Crippen LogP contribution >= 0.6 is 15.9 Å². The summed E-state index contributed by atoms with van der Waals surface area (Å²) in [4.78, 5) is 23.6. The first kappa shape index (κ1) is 25.8. The molecule has 0 bridgehead atoms. The number of halogens is 1. The third kappa shape index (κ3) is 5.56. The van der Waals surface area contributed by atoms with Crippen LogP contribution in [-0.2, 0) is 4.84 Å². The van der Waals surface area contributed by atoms with Crippen LogP contribution in [0.3, 0.4) is 0 Å². The van der Waals surface area contributed by atoms with E-state index >= 15 is 0 Å². The molecule has 1 amide bonds. The number of hydroxylamine groups is 1. The zero-order valence-electron chi connectivity index (χ0n) is 21.5. The van der Waals surface area contributed by atoms with E-state index in [0.717, 1.165) is 78.5 Å². The molecule has 0 spiro atoms. The SMILES string of the molecule is CCONC(=C1CCN(C2(C)CCN(C(=O)c3cnnc4ccccc34)CC2)CC1)c1ccc(Br)cc1. The molecule has 1 aromatic heterocycles. The summed E-state index contributed by atoms with van der Waals surface area (Å²) in [6, 6.07) is 16.1. The van der Waals surface area contributed by atoms with E-state index < -0.39 is 0 Å². The second-order valence-electron chi connectivity index (χ2n) is 10.1. The molecule has 2 aliphatic rings. The molecule has 7 nitrogen and oxygen atoms in total. The Bertz CT molecular complexity index is 1270. The van der Waals surface area contributed by atoms with Crippen LogP contribution in [0.4, 0.5) is 0 Å². The lowest BCUT2D eigenvalue weighted by molar-refractivity contribution is 0.0257.